The van der Waals surface area contributed by atoms with Gasteiger partial charge < -0.3 is 30.5 Å². The topological polar surface area (TPSA) is 95.7 Å². The monoisotopic (exact) mass is 538 g/mol. The quantitative estimate of drug-likeness (QED) is 0.244. The fourth-order valence-corrected chi connectivity index (χ4v) is 4.40. The molecule has 40 heavy (non-hydrogen) atoms. The van der Waals surface area contributed by atoms with E-state index in [-0.39, 0.29) is 0 Å². The zero-order valence-electron chi connectivity index (χ0n) is 23.9. The van der Waals surface area contributed by atoms with Gasteiger partial charge in [-0.3, -0.25) is 0 Å². The number of nitrogens with two attached hydrogens (primary N) is 1. The van der Waals surface area contributed by atoms with E-state index in [1.807, 2.05) is 69.7 Å². The number of anilines is 5. The number of benzene rings is 3. The summed E-state index contributed by atoms with van der Waals surface area (Å²) < 4.78 is 5.68. The molecule has 0 bridgehead atoms. The number of rotatable bonds is 12. The zero-order valence-corrected chi connectivity index (χ0v) is 23.9. The molecule has 0 unspecified atom stereocenters. The molecule has 0 saturated carbocycles. The van der Waals surface area contributed by atoms with Gasteiger partial charge in [-0.2, -0.15) is 4.98 Å². The molecule has 3 N–H and O–H groups in total. The van der Waals surface area contributed by atoms with E-state index < -0.39 is 0 Å². The second-order valence-electron chi connectivity index (χ2n) is 9.93. The summed E-state index contributed by atoms with van der Waals surface area (Å²) in [6.07, 6.45) is 1.48. The predicted molar refractivity (Wildman–Crippen MR) is 165 cm³/mol. The molecular weight excluding hydrogens is 500 g/mol. The molecule has 9 nitrogen and oxygen atoms in total. The van der Waals surface area contributed by atoms with E-state index in [2.05, 4.69) is 66.8 Å². The first-order valence-electron chi connectivity index (χ1n) is 13.1. The zero-order chi connectivity index (χ0) is 28.6. The largest absolute Gasteiger partial charge is 0.494 e. The highest BCUT2D eigenvalue weighted by Gasteiger charge is 2.16. The van der Waals surface area contributed by atoms with Gasteiger partial charge in [0.1, 0.15) is 12.1 Å². The second kappa shape index (κ2) is 12.9. The molecule has 0 aliphatic heterocycles. The van der Waals surface area contributed by atoms with E-state index in [1.54, 1.807) is 7.11 Å². The van der Waals surface area contributed by atoms with Gasteiger partial charge in [0.2, 0.25) is 5.95 Å². The van der Waals surface area contributed by atoms with Crippen molar-refractivity contribution >= 4 is 34.3 Å². The average Bonchev–Trinajstić information content (AvgIpc) is 2.96. The van der Waals surface area contributed by atoms with Crippen LogP contribution in [0.15, 0.2) is 79.6 Å². The van der Waals surface area contributed by atoms with Crippen LogP contribution in [0.2, 0.25) is 0 Å². The van der Waals surface area contributed by atoms with Crippen LogP contribution in [0.1, 0.15) is 17.0 Å². The van der Waals surface area contributed by atoms with Gasteiger partial charge >= 0.3 is 0 Å². The van der Waals surface area contributed by atoms with Crippen molar-refractivity contribution in [2.75, 3.05) is 69.2 Å². The van der Waals surface area contributed by atoms with Gasteiger partial charge in [-0.05, 0) is 31.8 Å². The minimum absolute atomic E-state index is 0.368. The van der Waals surface area contributed by atoms with Gasteiger partial charge in [-0.1, -0.05) is 55.1 Å². The van der Waals surface area contributed by atoms with Gasteiger partial charge in [0.05, 0.1) is 24.2 Å². The van der Waals surface area contributed by atoms with Gasteiger partial charge in [0, 0.05) is 56.6 Å². The van der Waals surface area contributed by atoms with E-state index in [4.69, 9.17) is 10.5 Å². The highest BCUT2D eigenvalue weighted by atomic mass is 16.5. The maximum atomic E-state index is 6.44. The molecule has 9 heteroatoms. The number of para-hydroxylation sites is 1. The summed E-state index contributed by atoms with van der Waals surface area (Å²) in [7, 11) is 9.80. The first-order chi connectivity index (χ1) is 19.3. The Balaban J connectivity index is 1.56. The summed E-state index contributed by atoms with van der Waals surface area (Å²) in [5.41, 5.74) is 12.5. The Labute approximate surface area is 237 Å². The highest BCUT2D eigenvalue weighted by Crippen LogP contribution is 2.36. The SMILES string of the molecule is C=C(c1ncnc(Nc2cc(N)c(N(C)CCN(C)C)cc2OC)n1)c1ccccc1N(C)Cc1ccccc1. The molecule has 0 atom stereocenters. The average molecular weight is 539 g/mol. The molecule has 0 aliphatic rings. The van der Waals surface area contributed by atoms with Crippen molar-refractivity contribution in [2.24, 2.45) is 0 Å². The standard InChI is InChI=1S/C31H38N8O/c1-22(24-14-10-11-15-27(24)39(5)20-23-12-8-7-9-13-23)30-33-21-34-31(36-30)35-26-18-25(32)28(19-29(26)40-6)38(4)17-16-37(2)3/h7-15,18-19,21H,1,16-17,20,32H2,2-6H3,(H,33,34,35,36). The number of nitrogens with one attached hydrogen (secondary N) is 1. The van der Waals surface area contributed by atoms with E-state index in [9.17, 15) is 0 Å². The van der Waals surface area contributed by atoms with Crippen LogP contribution >= 0.6 is 0 Å². The van der Waals surface area contributed by atoms with Crippen LogP contribution in [0.4, 0.5) is 28.7 Å². The van der Waals surface area contributed by atoms with Crippen molar-refractivity contribution in [3.05, 3.63) is 96.6 Å². The summed E-state index contributed by atoms with van der Waals surface area (Å²) >= 11 is 0. The summed E-state index contributed by atoms with van der Waals surface area (Å²) in [6.45, 7) is 6.83. The summed E-state index contributed by atoms with van der Waals surface area (Å²) in [5.74, 6) is 1.48. The van der Waals surface area contributed by atoms with Crippen LogP contribution in [0.25, 0.3) is 5.57 Å². The third-order valence-corrected chi connectivity index (χ3v) is 6.63. The van der Waals surface area contributed by atoms with Crippen molar-refractivity contribution in [1.29, 1.82) is 0 Å². The molecule has 3 aromatic carbocycles. The lowest BCUT2D eigenvalue weighted by Crippen LogP contribution is -2.29. The predicted octanol–water partition coefficient (Wildman–Crippen LogP) is 4.90. The summed E-state index contributed by atoms with van der Waals surface area (Å²) in [6, 6.07) is 22.2. The first kappa shape index (κ1) is 28.4. The Morgan fingerprint density at radius 1 is 0.900 bits per heavy atom. The van der Waals surface area contributed by atoms with Crippen LogP contribution < -0.4 is 25.6 Å². The Hall–Kier alpha value is -4.63. The molecule has 0 amide bonds. The lowest BCUT2D eigenvalue weighted by atomic mass is 10.0. The normalized spacial score (nSPS) is 10.8. The number of hydrogen-bond acceptors (Lipinski definition) is 9. The third-order valence-electron chi connectivity index (χ3n) is 6.63. The van der Waals surface area contributed by atoms with Crippen molar-refractivity contribution in [2.45, 2.75) is 6.54 Å². The van der Waals surface area contributed by atoms with Crippen molar-refractivity contribution in [3.8, 4) is 5.75 Å². The van der Waals surface area contributed by atoms with E-state index in [1.165, 1.54) is 11.9 Å². The molecule has 0 aliphatic carbocycles. The van der Waals surface area contributed by atoms with E-state index in [0.29, 0.717) is 34.5 Å². The van der Waals surface area contributed by atoms with Crippen LogP contribution in [0, 0.1) is 0 Å². The minimum atomic E-state index is 0.368. The van der Waals surface area contributed by atoms with E-state index >= 15 is 0 Å². The Morgan fingerprint density at radius 2 is 1.62 bits per heavy atom. The number of nitrogens with zero attached hydrogens (tertiary/aromatic N) is 6. The maximum Gasteiger partial charge on any atom is 0.230 e. The van der Waals surface area contributed by atoms with Crippen molar-refractivity contribution in [3.63, 3.8) is 0 Å². The fraction of sp³-hybridized carbons (Fsp3) is 0.258. The van der Waals surface area contributed by atoms with Crippen LogP contribution in [-0.2, 0) is 6.54 Å². The Morgan fingerprint density at radius 3 is 2.35 bits per heavy atom. The number of methoxy groups -OCH3 is 1. The molecule has 0 radical (unpaired) electrons. The van der Waals surface area contributed by atoms with Crippen LogP contribution in [-0.4, -0.2) is 68.2 Å². The van der Waals surface area contributed by atoms with E-state index in [0.717, 1.165) is 36.6 Å². The highest BCUT2D eigenvalue weighted by molar-refractivity contribution is 5.83. The fourth-order valence-electron chi connectivity index (χ4n) is 4.40. The van der Waals surface area contributed by atoms with Crippen LogP contribution in [0.5, 0.6) is 5.75 Å². The second-order valence-corrected chi connectivity index (χ2v) is 9.93. The summed E-state index contributed by atoms with van der Waals surface area (Å²) in [4.78, 5) is 19.9. The van der Waals surface area contributed by atoms with Crippen LogP contribution in [0.3, 0.4) is 0 Å². The molecule has 0 spiro atoms. The van der Waals surface area contributed by atoms with Gasteiger partial charge in [-0.25, -0.2) is 9.97 Å². The number of hydrogen-bond donors (Lipinski definition) is 2. The molecule has 0 saturated heterocycles. The summed E-state index contributed by atoms with van der Waals surface area (Å²) in [5, 5.41) is 3.25. The number of ether oxygens (including phenoxy) is 1. The molecule has 0 fully saturated rings. The first-order valence-corrected chi connectivity index (χ1v) is 13.1. The molecule has 208 valence electrons. The molecule has 4 rings (SSSR count). The van der Waals surface area contributed by atoms with Crippen molar-refractivity contribution in [1.82, 2.24) is 19.9 Å². The maximum absolute atomic E-state index is 6.44. The van der Waals surface area contributed by atoms with Gasteiger partial charge in [0.15, 0.2) is 5.82 Å². The molecule has 1 aromatic heterocycles. The molecule has 4 aromatic rings. The third kappa shape index (κ3) is 6.86. The Bertz CT molecular complexity index is 1440. The van der Waals surface area contributed by atoms with Crippen molar-refractivity contribution < 1.29 is 4.74 Å². The number of aromatic nitrogens is 3. The number of likely N-dealkylation sites (N-methyl/N-ethyl adjacent to an activating group) is 2. The lowest BCUT2D eigenvalue weighted by Gasteiger charge is -2.24. The minimum Gasteiger partial charge on any atom is -0.494 e. The smallest absolute Gasteiger partial charge is 0.230 e. The lowest BCUT2D eigenvalue weighted by molar-refractivity contribution is 0.413. The molecule has 1 heterocycles. The van der Waals surface area contributed by atoms with Gasteiger partial charge in [-0.15, -0.1) is 0 Å². The number of nitrogen functional groups attached to an aromatic ring is 1. The Kier molecular flexibility index (Phi) is 9.19. The molecular formula is C31H38N8O. The van der Waals surface area contributed by atoms with Gasteiger partial charge in [0.25, 0.3) is 0 Å².